The highest BCUT2D eigenvalue weighted by Gasteiger charge is 2.19. The van der Waals surface area contributed by atoms with Crippen molar-refractivity contribution in [1.29, 1.82) is 0 Å². The lowest BCUT2D eigenvalue weighted by Crippen LogP contribution is -2.09. The topological polar surface area (TPSA) is 46.2 Å². The second-order valence-corrected chi connectivity index (χ2v) is 6.42. The lowest BCUT2D eigenvalue weighted by atomic mass is 10.0. The highest BCUT2D eigenvalue weighted by Crippen LogP contribution is 2.31. The van der Waals surface area contributed by atoms with E-state index in [-0.39, 0.29) is 11.7 Å². The Morgan fingerprint density at radius 2 is 2.14 bits per heavy atom. The van der Waals surface area contributed by atoms with Gasteiger partial charge in [0.2, 0.25) is 11.7 Å². The van der Waals surface area contributed by atoms with Crippen LogP contribution >= 0.6 is 22.9 Å². The largest absolute Gasteiger partial charge is 0.326 e. The molecule has 1 amide bonds. The van der Waals surface area contributed by atoms with Crippen molar-refractivity contribution >= 4 is 40.3 Å². The summed E-state index contributed by atoms with van der Waals surface area (Å²) in [5.41, 5.74) is 3.36. The standard InChI is InChI=1S/C16H14ClNO2S/c1-9-8-21-16(14(9)17)15(20)11-5-6-12-10(7-11)3-2-4-13(19)18-12/h5-8H,2-4H2,1H3,(H,18,19). The van der Waals surface area contributed by atoms with Gasteiger partial charge < -0.3 is 5.32 Å². The van der Waals surface area contributed by atoms with Crippen molar-refractivity contribution in [2.75, 3.05) is 5.32 Å². The zero-order valence-corrected chi connectivity index (χ0v) is 13.1. The van der Waals surface area contributed by atoms with E-state index >= 15 is 0 Å². The maximum atomic E-state index is 12.6. The van der Waals surface area contributed by atoms with Crippen molar-refractivity contribution in [1.82, 2.24) is 0 Å². The van der Waals surface area contributed by atoms with Gasteiger partial charge in [-0.2, -0.15) is 0 Å². The summed E-state index contributed by atoms with van der Waals surface area (Å²) >= 11 is 7.54. The Labute approximate surface area is 131 Å². The number of hydrogen-bond donors (Lipinski definition) is 1. The lowest BCUT2D eigenvalue weighted by Gasteiger charge is -2.08. The minimum Gasteiger partial charge on any atom is -0.326 e. The summed E-state index contributed by atoms with van der Waals surface area (Å²) in [4.78, 5) is 24.7. The number of nitrogens with one attached hydrogen (secondary N) is 1. The molecule has 2 aromatic rings. The number of thiophene rings is 1. The molecule has 0 atom stereocenters. The summed E-state index contributed by atoms with van der Waals surface area (Å²) in [5, 5.41) is 5.29. The molecule has 1 aliphatic heterocycles. The van der Waals surface area contributed by atoms with Crippen molar-refractivity contribution in [2.24, 2.45) is 0 Å². The number of rotatable bonds is 2. The number of benzene rings is 1. The van der Waals surface area contributed by atoms with Crippen LogP contribution in [-0.4, -0.2) is 11.7 Å². The maximum Gasteiger partial charge on any atom is 0.224 e. The number of aryl methyl sites for hydroxylation is 2. The molecule has 3 rings (SSSR count). The summed E-state index contributed by atoms with van der Waals surface area (Å²) in [7, 11) is 0. The molecule has 21 heavy (non-hydrogen) atoms. The van der Waals surface area contributed by atoms with Crippen molar-refractivity contribution < 1.29 is 9.59 Å². The first-order chi connectivity index (χ1) is 10.1. The van der Waals surface area contributed by atoms with E-state index < -0.39 is 0 Å². The van der Waals surface area contributed by atoms with Crippen LogP contribution in [0.1, 0.15) is 39.2 Å². The third-order valence-corrected chi connectivity index (χ3v) is 5.29. The number of carbonyl (C=O) groups is 2. The number of ketones is 1. The first-order valence-electron chi connectivity index (χ1n) is 6.77. The number of carbonyl (C=O) groups excluding carboxylic acids is 2. The van der Waals surface area contributed by atoms with Gasteiger partial charge >= 0.3 is 0 Å². The number of amides is 1. The summed E-state index contributed by atoms with van der Waals surface area (Å²) < 4.78 is 0. The van der Waals surface area contributed by atoms with Crippen molar-refractivity contribution in [3.8, 4) is 0 Å². The minimum atomic E-state index is -0.0588. The zero-order valence-electron chi connectivity index (χ0n) is 11.5. The molecule has 1 aromatic carbocycles. The highest BCUT2D eigenvalue weighted by molar-refractivity contribution is 7.13. The van der Waals surface area contributed by atoms with Gasteiger partial charge in [-0.15, -0.1) is 11.3 Å². The molecule has 1 aromatic heterocycles. The molecule has 0 saturated heterocycles. The predicted molar refractivity (Wildman–Crippen MR) is 85.5 cm³/mol. The first kappa shape index (κ1) is 14.3. The lowest BCUT2D eigenvalue weighted by molar-refractivity contribution is -0.116. The second kappa shape index (κ2) is 5.62. The number of anilines is 1. The summed E-state index contributed by atoms with van der Waals surface area (Å²) in [5.74, 6) is -0.0266. The van der Waals surface area contributed by atoms with Gasteiger partial charge in [0.1, 0.15) is 0 Å². The smallest absolute Gasteiger partial charge is 0.224 e. The third-order valence-electron chi connectivity index (χ3n) is 3.60. The third kappa shape index (κ3) is 2.74. The van der Waals surface area contributed by atoms with E-state index in [1.165, 1.54) is 11.3 Å². The Kier molecular flexibility index (Phi) is 3.83. The SMILES string of the molecule is Cc1csc(C(=O)c2ccc3c(c2)CCCC(=O)N3)c1Cl. The molecular weight excluding hydrogens is 306 g/mol. The predicted octanol–water partition coefficient (Wildman–Crippen LogP) is 4.22. The van der Waals surface area contributed by atoms with Crippen LogP contribution < -0.4 is 5.32 Å². The molecule has 3 nitrogen and oxygen atoms in total. The van der Waals surface area contributed by atoms with E-state index in [0.29, 0.717) is 21.9 Å². The molecule has 0 saturated carbocycles. The van der Waals surface area contributed by atoms with Crippen LogP contribution in [0.5, 0.6) is 0 Å². The molecule has 0 fully saturated rings. The molecule has 0 aliphatic carbocycles. The van der Waals surface area contributed by atoms with Crippen molar-refractivity contribution in [3.63, 3.8) is 0 Å². The molecule has 0 spiro atoms. The van der Waals surface area contributed by atoms with Crippen molar-refractivity contribution in [3.05, 3.63) is 50.2 Å². The van der Waals surface area contributed by atoms with Crippen LogP contribution in [0.3, 0.4) is 0 Å². The summed E-state index contributed by atoms with van der Waals surface area (Å²) in [6.45, 7) is 1.89. The van der Waals surface area contributed by atoms with Gasteiger partial charge in [-0.25, -0.2) is 0 Å². The molecular formula is C16H14ClNO2S. The van der Waals surface area contributed by atoms with E-state index in [2.05, 4.69) is 5.32 Å². The fourth-order valence-corrected chi connectivity index (χ4v) is 3.67. The average molecular weight is 320 g/mol. The summed E-state index contributed by atoms with van der Waals surface area (Å²) in [6, 6.07) is 5.42. The number of fused-ring (bicyclic) bond motifs is 1. The Morgan fingerprint density at radius 1 is 1.33 bits per heavy atom. The zero-order chi connectivity index (χ0) is 15.0. The Balaban J connectivity index is 1.97. The fourth-order valence-electron chi connectivity index (χ4n) is 2.43. The molecule has 0 radical (unpaired) electrons. The van der Waals surface area contributed by atoms with Crippen LogP contribution in [-0.2, 0) is 11.2 Å². The minimum absolute atomic E-state index is 0.0322. The normalized spacial score (nSPS) is 14.3. The first-order valence-corrected chi connectivity index (χ1v) is 8.03. The Morgan fingerprint density at radius 3 is 2.86 bits per heavy atom. The molecule has 5 heteroatoms. The van der Waals surface area contributed by atoms with E-state index in [1.54, 1.807) is 12.1 Å². The van der Waals surface area contributed by atoms with Crippen LogP contribution in [0.4, 0.5) is 5.69 Å². The van der Waals surface area contributed by atoms with Gasteiger partial charge in [0, 0.05) is 17.7 Å². The van der Waals surface area contributed by atoms with Gasteiger partial charge in [0.05, 0.1) is 9.90 Å². The average Bonchev–Trinajstić information content (AvgIpc) is 2.69. The summed E-state index contributed by atoms with van der Waals surface area (Å²) in [6.07, 6.45) is 2.12. The van der Waals surface area contributed by atoms with Gasteiger partial charge in [0.25, 0.3) is 0 Å². The van der Waals surface area contributed by atoms with Crippen molar-refractivity contribution in [2.45, 2.75) is 26.2 Å². The fraction of sp³-hybridized carbons (Fsp3) is 0.250. The van der Waals surface area contributed by atoms with E-state index in [0.717, 1.165) is 29.7 Å². The number of halogens is 1. The van der Waals surface area contributed by atoms with Gasteiger partial charge in [-0.3, -0.25) is 9.59 Å². The maximum absolute atomic E-state index is 12.6. The molecule has 108 valence electrons. The molecule has 1 aliphatic rings. The monoisotopic (exact) mass is 319 g/mol. The Hall–Kier alpha value is -1.65. The molecule has 2 heterocycles. The van der Waals surface area contributed by atoms with Crippen LogP contribution in [0.2, 0.25) is 5.02 Å². The molecule has 1 N–H and O–H groups in total. The second-order valence-electron chi connectivity index (χ2n) is 5.16. The molecule has 0 unspecified atom stereocenters. The van der Waals surface area contributed by atoms with Gasteiger partial charge in [-0.05, 0) is 54.5 Å². The van der Waals surface area contributed by atoms with Gasteiger partial charge in [-0.1, -0.05) is 11.6 Å². The number of hydrogen-bond acceptors (Lipinski definition) is 3. The molecule has 0 bridgehead atoms. The van der Waals surface area contributed by atoms with Crippen LogP contribution in [0.25, 0.3) is 0 Å². The van der Waals surface area contributed by atoms with E-state index in [1.807, 2.05) is 18.4 Å². The van der Waals surface area contributed by atoms with Crippen LogP contribution in [0.15, 0.2) is 23.6 Å². The quantitative estimate of drug-likeness (QED) is 0.843. The van der Waals surface area contributed by atoms with Crippen LogP contribution in [0, 0.1) is 6.92 Å². The van der Waals surface area contributed by atoms with E-state index in [9.17, 15) is 9.59 Å². The van der Waals surface area contributed by atoms with E-state index in [4.69, 9.17) is 11.6 Å². The highest BCUT2D eigenvalue weighted by atomic mass is 35.5. The van der Waals surface area contributed by atoms with Gasteiger partial charge in [0.15, 0.2) is 0 Å². The Bertz CT molecular complexity index is 736.